The molecule has 0 bridgehead atoms. The quantitative estimate of drug-likeness (QED) is 0.821. The van der Waals surface area contributed by atoms with Crippen molar-refractivity contribution in [3.63, 3.8) is 0 Å². The first-order valence-corrected chi connectivity index (χ1v) is 9.60. The Morgan fingerprint density at radius 2 is 2.00 bits per heavy atom. The van der Waals surface area contributed by atoms with E-state index in [-0.39, 0.29) is 17.4 Å². The highest BCUT2D eigenvalue weighted by Gasteiger charge is 2.43. The fourth-order valence-corrected chi connectivity index (χ4v) is 5.25. The van der Waals surface area contributed by atoms with Gasteiger partial charge in [-0.05, 0) is 60.7 Å². The molecule has 24 heavy (non-hydrogen) atoms. The van der Waals surface area contributed by atoms with E-state index >= 15 is 0 Å². The molecule has 4 rings (SSSR count). The lowest BCUT2D eigenvalue weighted by Crippen LogP contribution is -2.55. The Morgan fingerprint density at radius 1 is 1.17 bits per heavy atom. The molecule has 4 heteroatoms. The van der Waals surface area contributed by atoms with E-state index in [1.807, 2.05) is 18.2 Å². The van der Waals surface area contributed by atoms with Gasteiger partial charge in [-0.1, -0.05) is 42.4 Å². The summed E-state index contributed by atoms with van der Waals surface area (Å²) in [6, 6.07) is 15.0. The van der Waals surface area contributed by atoms with Crippen LogP contribution in [0.1, 0.15) is 37.3 Å². The number of hydrogen-bond donors (Lipinski definition) is 1. The number of fused-ring (bicyclic) bond motifs is 3. The first-order valence-electron chi connectivity index (χ1n) is 8.41. The van der Waals surface area contributed by atoms with Crippen molar-refractivity contribution in [2.45, 2.75) is 53.9 Å². The molecule has 0 spiro atoms. The highest BCUT2D eigenvalue weighted by molar-refractivity contribution is 7.99. The molecular weight excluding hydrogens is 338 g/mol. The van der Waals surface area contributed by atoms with Crippen LogP contribution in [0.2, 0.25) is 5.02 Å². The number of benzene rings is 2. The van der Waals surface area contributed by atoms with E-state index in [9.17, 15) is 4.79 Å². The van der Waals surface area contributed by atoms with Gasteiger partial charge in [0.25, 0.3) is 0 Å². The van der Waals surface area contributed by atoms with Gasteiger partial charge in [-0.2, -0.15) is 0 Å². The second-order valence-electron chi connectivity index (χ2n) is 6.95. The Morgan fingerprint density at radius 3 is 2.83 bits per heavy atom. The molecule has 0 aromatic heterocycles. The zero-order chi connectivity index (χ0) is 16.7. The summed E-state index contributed by atoms with van der Waals surface area (Å²) in [6.07, 6.45) is 3.63. The highest BCUT2D eigenvalue weighted by Crippen LogP contribution is 2.44. The van der Waals surface area contributed by atoms with Crippen molar-refractivity contribution in [1.29, 1.82) is 0 Å². The third-order valence-electron chi connectivity index (χ3n) is 5.40. The van der Waals surface area contributed by atoms with E-state index in [0.717, 1.165) is 29.2 Å². The lowest BCUT2D eigenvalue weighted by Gasteiger charge is -2.46. The summed E-state index contributed by atoms with van der Waals surface area (Å²) in [5.74, 6) is 0.203. The molecule has 1 amide bonds. The van der Waals surface area contributed by atoms with Gasteiger partial charge in [-0.15, -0.1) is 0 Å². The van der Waals surface area contributed by atoms with E-state index in [4.69, 9.17) is 11.6 Å². The van der Waals surface area contributed by atoms with Gasteiger partial charge in [-0.3, -0.25) is 4.79 Å². The summed E-state index contributed by atoms with van der Waals surface area (Å²) in [5, 5.41) is 3.97. The Kier molecular flexibility index (Phi) is 4.09. The van der Waals surface area contributed by atoms with Crippen LogP contribution in [0, 0.1) is 0 Å². The van der Waals surface area contributed by atoms with Gasteiger partial charge in [0, 0.05) is 32.7 Å². The highest BCUT2D eigenvalue weighted by atomic mass is 35.5. The normalized spacial score (nSPS) is 25.6. The van der Waals surface area contributed by atoms with E-state index < -0.39 is 0 Å². The summed E-state index contributed by atoms with van der Waals surface area (Å²) in [7, 11) is 0. The summed E-state index contributed by atoms with van der Waals surface area (Å²) in [4.78, 5) is 14.1. The SMILES string of the molecule is C[C@]12CCC(=O)N[C@@H]1CCc1cc(Sc3cccc(Cl)c3)ccc12. The maximum atomic E-state index is 11.7. The summed E-state index contributed by atoms with van der Waals surface area (Å²) in [5.41, 5.74) is 2.91. The number of aryl methyl sites for hydroxylation is 1. The summed E-state index contributed by atoms with van der Waals surface area (Å²) < 4.78 is 0. The van der Waals surface area contributed by atoms with E-state index in [0.29, 0.717) is 6.42 Å². The zero-order valence-corrected chi connectivity index (χ0v) is 15.2. The Bertz CT molecular complexity index is 806. The number of halogens is 1. The molecule has 1 aliphatic carbocycles. The van der Waals surface area contributed by atoms with Crippen LogP contribution in [-0.4, -0.2) is 11.9 Å². The molecule has 2 aliphatic rings. The maximum Gasteiger partial charge on any atom is 0.220 e. The van der Waals surface area contributed by atoms with Gasteiger partial charge in [0.15, 0.2) is 0 Å². The van der Waals surface area contributed by atoms with Crippen molar-refractivity contribution in [2.75, 3.05) is 0 Å². The van der Waals surface area contributed by atoms with E-state index in [1.165, 1.54) is 16.0 Å². The largest absolute Gasteiger partial charge is 0.352 e. The number of nitrogens with one attached hydrogen (secondary N) is 1. The van der Waals surface area contributed by atoms with E-state index in [2.05, 4.69) is 36.5 Å². The van der Waals surface area contributed by atoms with Gasteiger partial charge < -0.3 is 5.32 Å². The number of rotatable bonds is 2. The smallest absolute Gasteiger partial charge is 0.220 e. The first kappa shape index (κ1) is 16.0. The maximum absolute atomic E-state index is 11.7. The van der Waals surface area contributed by atoms with Crippen LogP contribution in [0.5, 0.6) is 0 Å². The molecule has 2 aromatic rings. The second-order valence-corrected chi connectivity index (χ2v) is 8.54. The van der Waals surface area contributed by atoms with Crippen LogP contribution < -0.4 is 5.32 Å². The average Bonchev–Trinajstić information content (AvgIpc) is 2.55. The Labute approximate surface area is 152 Å². The summed E-state index contributed by atoms with van der Waals surface area (Å²) >= 11 is 7.83. The van der Waals surface area contributed by atoms with Gasteiger partial charge in [-0.25, -0.2) is 0 Å². The zero-order valence-electron chi connectivity index (χ0n) is 13.6. The van der Waals surface area contributed by atoms with E-state index in [1.54, 1.807) is 11.8 Å². The van der Waals surface area contributed by atoms with Crippen LogP contribution in [0.15, 0.2) is 52.3 Å². The van der Waals surface area contributed by atoms with Crippen LogP contribution in [0.25, 0.3) is 0 Å². The fraction of sp³-hybridized carbons (Fsp3) is 0.350. The summed E-state index contributed by atoms with van der Waals surface area (Å²) in [6.45, 7) is 2.30. The van der Waals surface area contributed by atoms with Crippen molar-refractivity contribution >= 4 is 29.3 Å². The number of carbonyl (C=O) groups is 1. The van der Waals surface area contributed by atoms with Crippen LogP contribution in [-0.2, 0) is 16.6 Å². The van der Waals surface area contributed by atoms with Gasteiger partial charge in [0.2, 0.25) is 5.91 Å². The second kappa shape index (κ2) is 6.12. The number of amides is 1. The minimum atomic E-state index is 0.0702. The van der Waals surface area contributed by atoms with Crippen molar-refractivity contribution in [3.05, 3.63) is 58.6 Å². The van der Waals surface area contributed by atoms with Crippen molar-refractivity contribution in [2.24, 2.45) is 0 Å². The minimum Gasteiger partial charge on any atom is -0.352 e. The molecule has 0 unspecified atom stereocenters. The van der Waals surface area contributed by atoms with Crippen molar-refractivity contribution in [1.82, 2.24) is 5.32 Å². The van der Waals surface area contributed by atoms with Crippen LogP contribution in [0.3, 0.4) is 0 Å². The van der Waals surface area contributed by atoms with Crippen LogP contribution in [0.4, 0.5) is 0 Å². The molecule has 1 saturated heterocycles. The monoisotopic (exact) mass is 357 g/mol. The van der Waals surface area contributed by atoms with Crippen molar-refractivity contribution < 1.29 is 4.79 Å². The first-order chi connectivity index (χ1) is 11.5. The van der Waals surface area contributed by atoms with Crippen LogP contribution >= 0.6 is 23.4 Å². The topological polar surface area (TPSA) is 29.1 Å². The molecule has 1 heterocycles. The molecule has 124 valence electrons. The molecule has 2 nitrogen and oxygen atoms in total. The third-order valence-corrected chi connectivity index (χ3v) is 6.62. The number of piperidine rings is 1. The standard InChI is InChI=1S/C20H20ClNOS/c1-20-10-9-19(23)22-18(20)8-5-13-11-16(6-7-17(13)20)24-15-4-2-3-14(21)12-15/h2-4,6-7,11-12,18H,5,8-10H2,1H3,(H,22,23)/t18-,20-/m1/s1. The van der Waals surface area contributed by atoms with Crippen molar-refractivity contribution in [3.8, 4) is 0 Å². The molecule has 1 aliphatic heterocycles. The molecule has 2 atom stereocenters. The molecule has 1 fully saturated rings. The lowest BCUT2D eigenvalue weighted by atomic mass is 9.64. The van der Waals surface area contributed by atoms with Gasteiger partial charge in [0.05, 0.1) is 0 Å². The predicted molar refractivity (Wildman–Crippen MR) is 98.9 cm³/mol. The predicted octanol–water partition coefficient (Wildman–Crippen LogP) is 4.97. The Hall–Kier alpha value is -1.45. The van der Waals surface area contributed by atoms with Gasteiger partial charge in [0.1, 0.15) is 0 Å². The Balaban J connectivity index is 1.64. The number of carbonyl (C=O) groups excluding carboxylic acids is 1. The molecule has 0 radical (unpaired) electrons. The molecule has 0 saturated carbocycles. The van der Waals surface area contributed by atoms with Gasteiger partial charge >= 0.3 is 0 Å². The average molecular weight is 358 g/mol. The minimum absolute atomic E-state index is 0.0702. The lowest BCUT2D eigenvalue weighted by molar-refractivity contribution is -0.125. The molecular formula is C20H20ClNOS. The number of hydrogen-bond acceptors (Lipinski definition) is 2. The molecule has 2 aromatic carbocycles. The molecule has 1 N–H and O–H groups in total. The third kappa shape index (κ3) is 2.84. The fourth-order valence-electron chi connectivity index (χ4n) is 4.05.